The van der Waals surface area contributed by atoms with Gasteiger partial charge in [-0.15, -0.1) is 0 Å². The van der Waals surface area contributed by atoms with Crippen LogP contribution in [0.4, 0.5) is 10.1 Å². The minimum absolute atomic E-state index is 0.214. The second kappa shape index (κ2) is 8.49. The number of halogens is 1. The van der Waals surface area contributed by atoms with Crippen molar-refractivity contribution in [1.29, 1.82) is 0 Å². The van der Waals surface area contributed by atoms with Crippen molar-refractivity contribution in [3.63, 3.8) is 0 Å². The van der Waals surface area contributed by atoms with Gasteiger partial charge in [0, 0.05) is 24.3 Å². The maximum atomic E-state index is 13.2. The first-order valence-corrected chi connectivity index (χ1v) is 9.44. The SMILES string of the molecule is COc1cc(NC(=S)N(Cc2ccc(F)cc2)C2CCCC2)ccc1C. The Hall–Kier alpha value is -2.14. The van der Waals surface area contributed by atoms with E-state index in [2.05, 4.69) is 10.2 Å². The Balaban J connectivity index is 1.77. The quantitative estimate of drug-likeness (QED) is 0.721. The van der Waals surface area contributed by atoms with Crippen LogP contribution in [0.2, 0.25) is 0 Å². The van der Waals surface area contributed by atoms with Gasteiger partial charge < -0.3 is 15.0 Å². The van der Waals surface area contributed by atoms with Crippen molar-refractivity contribution in [1.82, 2.24) is 4.90 Å². The second-order valence-electron chi connectivity index (χ2n) is 6.81. The van der Waals surface area contributed by atoms with Crippen LogP contribution in [-0.2, 0) is 6.54 Å². The van der Waals surface area contributed by atoms with Crippen molar-refractivity contribution in [2.45, 2.75) is 45.2 Å². The predicted octanol–water partition coefficient (Wildman–Crippen LogP) is 5.28. The van der Waals surface area contributed by atoms with E-state index in [1.807, 2.05) is 37.3 Å². The molecule has 0 aromatic heterocycles. The van der Waals surface area contributed by atoms with E-state index < -0.39 is 0 Å². The zero-order valence-electron chi connectivity index (χ0n) is 15.3. The topological polar surface area (TPSA) is 24.5 Å². The maximum absolute atomic E-state index is 13.2. The molecule has 26 heavy (non-hydrogen) atoms. The van der Waals surface area contributed by atoms with Crippen molar-refractivity contribution in [2.75, 3.05) is 12.4 Å². The first kappa shape index (κ1) is 18.6. The smallest absolute Gasteiger partial charge is 0.173 e. The van der Waals surface area contributed by atoms with E-state index in [1.54, 1.807) is 7.11 Å². The lowest BCUT2D eigenvalue weighted by molar-refractivity contribution is 0.312. The van der Waals surface area contributed by atoms with Crippen LogP contribution in [-0.4, -0.2) is 23.2 Å². The van der Waals surface area contributed by atoms with Crippen molar-refractivity contribution in [3.8, 4) is 5.75 Å². The largest absolute Gasteiger partial charge is 0.496 e. The highest BCUT2D eigenvalue weighted by atomic mass is 32.1. The second-order valence-corrected chi connectivity index (χ2v) is 7.19. The molecule has 0 spiro atoms. The van der Waals surface area contributed by atoms with Crippen molar-refractivity contribution in [2.24, 2.45) is 0 Å². The van der Waals surface area contributed by atoms with E-state index >= 15 is 0 Å². The van der Waals surface area contributed by atoms with Crippen LogP contribution in [0, 0.1) is 12.7 Å². The molecule has 1 aliphatic carbocycles. The van der Waals surface area contributed by atoms with Crippen molar-refractivity contribution >= 4 is 23.0 Å². The average Bonchev–Trinajstić information content (AvgIpc) is 3.17. The first-order valence-electron chi connectivity index (χ1n) is 9.03. The molecule has 1 aliphatic rings. The minimum Gasteiger partial charge on any atom is -0.496 e. The third kappa shape index (κ3) is 4.52. The highest BCUT2D eigenvalue weighted by Gasteiger charge is 2.25. The van der Waals surface area contributed by atoms with Gasteiger partial charge in [-0.05, 0) is 61.3 Å². The molecule has 0 unspecified atom stereocenters. The first-order chi connectivity index (χ1) is 12.6. The fraction of sp³-hybridized carbons (Fsp3) is 0.381. The number of rotatable bonds is 5. The number of aryl methyl sites for hydroxylation is 1. The number of methoxy groups -OCH3 is 1. The summed E-state index contributed by atoms with van der Waals surface area (Å²) in [5.41, 5.74) is 3.06. The van der Waals surface area contributed by atoms with Crippen LogP contribution in [0.5, 0.6) is 5.75 Å². The number of hydrogen-bond acceptors (Lipinski definition) is 2. The Morgan fingerprint density at radius 3 is 2.54 bits per heavy atom. The molecule has 5 heteroatoms. The molecule has 0 atom stereocenters. The van der Waals surface area contributed by atoms with Crippen molar-refractivity contribution in [3.05, 3.63) is 59.4 Å². The molecule has 138 valence electrons. The number of thiocarbonyl (C=S) groups is 1. The standard InChI is InChI=1S/C21H25FN2OS/c1-15-7-12-18(13-20(15)25-2)23-21(26)24(19-5-3-4-6-19)14-16-8-10-17(22)11-9-16/h7-13,19H,3-6,14H2,1-2H3,(H,23,26). The van der Waals surface area contributed by atoms with Crippen molar-refractivity contribution < 1.29 is 9.13 Å². The Labute approximate surface area is 160 Å². The summed E-state index contributed by atoms with van der Waals surface area (Å²) in [5, 5.41) is 4.06. The molecule has 1 saturated carbocycles. The molecule has 3 rings (SSSR count). The van der Waals surface area contributed by atoms with E-state index in [-0.39, 0.29) is 5.82 Å². The Kier molecular flexibility index (Phi) is 6.09. The van der Waals surface area contributed by atoms with Gasteiger partial charge in [0.25, 0.3) is 0 Å². The summed E-state index contributed by atoms with van der Waals surface area (Å²) in [6.07, 6.45) is 4.73. The van der Waals surface area contributed by atoms with Gasteiger partial charge in [0.2, 0.25) is 0 Å². The van der Waals surface area contributed by atoms with E-state index in [9.17, 15) is 4.39 Å². The summed E-state index contributed by atoms with van der Waals surface area (Å²) < 4.78 is 18.6. The van der Waals surface area contributed by atoms with Crippen LogP contribution in [0.25, 0.3) is 0 Å². The predicted molar refractivity (Wildman–Crippen MR) is 108 cm³/mol. The molecule has 0 saturated heterocycles. The molecule has 1 fully saturated rings. The van der Waals surface area contributed by atoms with Gasteiger partial charge in [-0.3, -0.25) is 0 Å². The molecular formula is C21H25FN2OS. The summed E-state index contributed by atoms with van der Waals surface area (Å²) in [7, 11) is 1.67. The number of ether oxygens (including phenoxy) is 1. The molecule has 0 amide bonds. The summed E-state index contributed by atoms with van der Waals surface area (Å²) in [4.78, 5) is 2.24. The van der Waals surface area contributed by atoms with E-state index in [0.29, 0.717) is 17.7 Å². The summed E-state index contributed by atoms with van der Waals surface area (Å²) in [6, 6.07) is 13.1. The van der Waals surface area contributed by atoms with Gasteiger partial charge in [0.15, 0.2) is 5.11 Å². The molecular weight excluding hydrogens is 347 g/mol. The Bertz CT molecular complexity index is 757. The highest BCUT2D eigenvalue weighted by Crippen LogP contribution is 2.27. The minimum atomic E-state index is -0.214. The lowest BCUT2D eigenvalue weighted by Gasteiger charge is -2.32. The zero-order valence-corrected chi connectivity index (χ0v) is 16.1. The third-order valence-electron chi connectivity index (χ3n) is 4.95. The molecule has 3 nitrogen and oxygen atoms in total. The van der Waals surface area contributed by atoms with Crippen LogP contribution >= 0.6 is 12.2 Å². The molecule has 0 aliphatic heterocycles. The fourth-order valence-electron chi connectivity index (χ4n) is 3.46. The number of hydrogen-bond donors (Lipinski definition) is 1. The molecule has 0 bridgehead atoms. The number of anilines is 1. The van der Waals surface area contributed by atoms with Gasteiger partial charge in [-0.25, -0.2) is 4.39 Å². The molecule has 2 aromatic rings. The van der Waals surface area contributed by atoms with Gasteiger partial charge in [0.05, 0.1) is 7.11 Å². The van der Waals surface area contributed by atoms with Crippen LogP contribution in [0.15, 0.2) is 42.5 Å². The van der Waals surface area contributed by atoms with Crippen LogP contribution in [0.3, 0.4) is 0 Å². The summed E-state index contributed by atoms with van der Waals surface area (Å²) >= 11 is 5.73. The van der Waals surface area contributed by atoms with E-state index in [1.165, 1.54) is 25.0 Å². The average molecular weight is 373 g/mol. The lowest BCUT2D eigenvalue weighted by Crippen LogP contribution is -2.40. The van der Waals surface area contributed by atoms with Gasteiger partial charge in [0.1, 0.15) is 11.6 Å². The van der Waals surface area contributed by atoms with E-state index in [0.717, 1.165) is 35.4 Å². The van der Waals surface area contributed by atoms with Gasteiger partial charge >= 0.3 is 0 Å². The zero-order chi connectivity index (χ0) is 18.5. The lowest BCUT2D eigenvalue weighted by atomic mass is 10.1. The molecule has 2 aromatic carbocycles. The normalized spacial score (nSPS) is 14.3. The van der Waals surface area contributed by atoms with Crippen LogP contribution < -0.4 is 10.1 Å². The molecule has 0 radical (unpaired) electrons. The number of benzene rings is 2. The fourth-order valence-corrected chi connectivity index (χ4v) is 3.79. The van der Waals surface area contributed by atoms with Gasteiger partial charge in [-0.2, -0.15) is 0 Å². The van der Waals surface area contributed by atoms with E-state index in [4.69, 9.17) is 17.0 Å². The number of nitrogens with one attached hydrogen (secondary N) is 1. The summed E-state index contributed by atoms with van der Waals surface area (Å²) in [5.74, 6) is 0.623. The highest BCUT2D eigenvalue weighted by molar-refractivity contribution is 7.80. The van der Waals surface area contributed by atoms with Gasteiger partial charge in [-0.1, -0.05) is 31.0 Å². The monoisotopic (exact) mass is 372 g/mol. The number of nitrogens with zero attached hydrogens (tertiary/aromatic N) is 1. The Morgan fingerprint density at radius 1 is 1.19 bits per heavy atom. The molecule has 0 heterocycles. The Morgan fingerprint density at radius 2 is 1.88 bits per heavy atom. The maximum Gasteiger partial charge on any atom is 0.173 e. The third-order valence-corrected chi connectivity index (χ3v) is 5.29. The summed E-state index contributed by atoms with van der Waals surface area (Å²) in [6.45, 7) is 2.69. The van der Waals surface area contributed by atoms with Crippen LogP contribution in [0.1, 0.15) is 36.8 Å². The molecule has 1 N–H and O–H groups in total.